The van der Waals surface area contributed by atoms with Crippen molar-refractivity contribution in [1.82, 2.24) is 4.98 Å². The molecule has 0 radical (unpaired) electrons. The summed E-state index contributed by atoms with van der Waals surface area (Å²) in [6.07, 6.45) is 5.25. The van der Waals surface area contributed by atoms with Gasteiger partial charge in [-0.15, -0.1) is 0 Å². The summed E-state index contributed by atoms with van der Waals surface area (Å²) in [5, 5.41) is 12.7. The quantitative estimate of drug-likeness (QED) is 0.841. The number of aliphatic hydroxyl groups is 1. The largest absolute Gasteiger partial charge is 0.473 e. The van der Waals surface area contributed by atoms with Gasteiger partial charge in [0.2, 0.25) is 5.88 Å². The number of aromatic nitrogens is 1. The summed E-state index contributed by atoms with van der Waals surface area (Å²) >= 11 is 0. The van der Waals surface area contributed by atoms with E-state index in [1.165, 1.54) is 0 Å². The van der Waals surface area contributed by atoms with Crippen molar-refractivity contribution in [1.29, 1.82) is 0 Å². The Kier molecular flexibility index (Phi) is 4.20. The van der Waals surface area contributed by atoms with Crippen molar-refractivity contribution >= 4 is 5.69 Å². The van der Waals surface area contributed by atoms with Gasteiger partial charge in [-0.05, 0) is 44.7 Å². The molecule has 0 aromatic carbocycles. The number of anilines is 1. The third-order valence-corrected chi connectivity index (χ3v) is 3.06. The van der Waals surface area contributed by atoms with E-state index in [2.05, 4.69) is 10.3 Å². The monoisotopic (exact) mass is 236 g/mol. The Labute approximate surface area is 102 Å². The average molecular weight is 236 g/mol. The van der Waals surface area contributed by atoms with E-state index < -0.39 is 0 Å². The lowest BCUT2D eigenvalue weighted by Crippen LogP contribution is -2.27. The second-order valence-electron chi connectivity index (χ2n) is 4.43. The van der Waals surface area contributed by atoms with Crippen LogP contribution in [0.2, 0.25) is 0 Å². The molecular formula is C13H20N2O2. The lowest BCUT2D eigenvalue weighted by molar-refractivity contribution is 0.0647. The van der Waals surface area contributed by atoms with Crippen LogP contribution in [0.4, 0.5) is 5.69 Å². The van der Waals surface area contributed by atoms with Crippen molar-refractivity contribution in [2.24, 2.45) is 0 Å². The van der Waals surface area contributed by atoms with Crippen LogP contribution in [0, 0.1) is 0 Å². The van der Waals surface area contributed by atoms with Gasteiger partial charge >= 0.3 is 0 Å². The number of ether oxygens (including phenoxy) is 1. The maximum Gasteiger partial charge on any atom is 0.237 e. The van der Waals surface area contributed by atoms with Gasteiger partial charge in [0.1, 0.15) is 6.10 Å². The van der Waals surface area contributed by atoms with E-state index in [0.717, 1.165) is 37.9 Å². The number of hydrogen-bond donors (Lipinski definition) is 2. The van der Waals surface area contributed by atoms with Gasteiger partial charge in [-0.2, -0.15) is 0 Å². The third-order valence-electron chi connectivity index (χ3n) is 3.06. The van der Waals surface area contributed by atoms with Crippen LogP contribution < -0.4 is 10.1 Å². The predicted octanol–water partition coefficient (Wildman–Crippen LogP) is 2.20. The zero-order valence-electron chi connectivity index (χ0n) is 10.2. The lowest BCUT2D eigenvalue weighted by Gasteiger charge is -2.26. The Balaban J connectivity index is 1.98. The summed E-state index contributed by atoms with van der Waals surface area (Å²) in [5.41, 5.74) is 0.945. The molecule has 0 spiro atoms. The molecule has 2 rings (SSSR count). The van der Waals surface area contributed by atoms with Crippen LogP contribution in [0.3, 0.4) is 0 Å². The molecule has 1 heterocycles. The van der Waals surface area contributed by atoms with Crippen LogP contribution in [0.1, 0.15) is 32.6 Å². The van der Waals surface area contributed by atoms with E-state index in [9.17, 15) is 5.11 Å². The van der Waals surface area contributed by atoms with E-state index in [1.807, 2.05) is 19.1 Å². The first-order chi connectivity index (χ1) is 8.29. The highest BCUT2D eigenvalue weighted by molar-refractivity contribution is 5.51. The van der Waals surface area contributed by atoms with Crippen LogP contribution in [0.25, 0.3) is 0 Å². The molecular weight excluding hydrogens is 216 g/mol. The summed E-state index contributed by atoms with van der Waals surface area (Å²) < 4.78 is 5.90. The van der Waals surface area contributed by atoms with Gasteiger partial charge in [0, 0.05) is 12.7 Å². The van der Waals surface area contributed by atoms with Crippen LogP contribution in [0.15, 0.2) is 18.3 Å². The molecule has 0 saturated heterocycles. The molecule has 1 aromatic rings. The van der Waals surface area contributed by atoms with Crippen LogP contribution in [0.5, 0.6) is 5.88 Å². The lowest BCUT2D eigenvalue weighted by atomic mass is 9.95. The maximum absolute atomic E-state index is 9.45. The van der Waals surface area contributed by atoms with Crippen molar-refractivity contribution in [3.8, 4) is 5.88 Å². The van der Waals surface area contributed by atoms with Crippen LogP contribution >= 0.6 is 0 Å². The van der Waals surface area contributed by atoms with Gasteiger partial charge in [-0.3, -0.25) is 0 Å². The molecule has 0 aliphatic heterocycles. The van der Waals surface area contributed by atoms with E-state index in [-0.39, 0.29) is 12.2 Å². The van der Waals surface area contributed by atoms with Crippen molar-refractivity contribution in [2.75, 3.05) is 11.9 Å². The standard InChI is InChI=1S/C13H20N2O2/c1-2-14-12-4-3-9-15-13(12)17-11-7-5-10(16)6-8-11/h3-4,9-11,14,16H,2,5-8H2,1H3. The van der Waals surface area contributed by atoms with Crippen molar-refractivity contribution in [3.63, 3.8) is 0 Å². The fourth-order valence-electron chi connectivity index (χ4n) is 2.13. The molecule has 0 unspecified atom stereocenters. The molecule has 1 saturated carbocycles. The normalized spacial score (nSPS) is 24.4. The fraction of sp³-hybridized carbons (Fsp3) is 0.615. The zero-order valence-corrected chi connectivity index (χ0v) is 10.2. The number of pyridine rings is 1. The Bertz CT molecular complexity index is 349. The molecule has 0 amide bonds. The molecule has 94 valence electrons. The second kappa shape index (κ2) is 5.87. The minimum absolute atomic E-state index is 0.146. The molecule has 1 aromatic heterocycles. The van der Waals surface area contributed by atoms with Crippen LogP contribution in [-0.2, 0) is 0 Å². The molecule has 0 bridgehead atoms. The van der Waals surface area contributed by atoms with Gasteiger partial charge in [0.25, 0.3) is 0 Å². The summed E-state index contributed by atoms with van der Waals surface area (Å²) in [5.74, 6) is 0.677. The van der Waals surface area contributed by atoms with Crippen LogP contribution in [-0.4, -0.2) is 28.8 Å². The third kappa shape index (κ3) is 3.33. The Morgan fingerprint density at radius 2 is 2.18 bits per heavy atom. The first-order valence-electron chi connectivity index (χ1n) is 6.33. The van der Waals surface area contributed by atoms with Crippen molar-refractivity contribution in [2.45, 2.75) is 44.8 Å². The van der Waals surface area contributed by atoms with E-state index in [1.54, 1.807) is 6.20 Å². The molecule has 2 N–H and O–H groups in total. The molecule has 1 aliphatic carbocycles. The minimum Gasteiger partial charge on any atom is -0.473 e. The molecule has 4 heteroatoms. The molecule has 1 aliphatic rings. The van der Waals surface area contributed by atoms with Gasteiger partial charge in [0.05, 0.1) is 11.8 Å². The van der Waals surface area contributed by atoms with Gasteiger partial charge < -0.3 is 15.2 Å². The first kappa shape index (κ1) is 12.2. The Morgan fingerprint density at radius 3 is 2.88 bits per heavy atom. The zero-order chi connectivity index (χ0) is 12.1. The Hall–Kier alpha value is -1.29. The topological polar surface area (TPSA) is 54.4 Å². The SMILES string of the molecule is CCNc1cccnc1OC1CCC(O)CC1. The molecule has 4 nitrogen and oxygen atoms in total. The highest BCUT2D eigenvalue weighted by Crippen LogP contribution is 2.27. The number of hydrogen-bond acceptors (Lipinski definition) is 4. The van der Waals surface area contributed by atoms with E-state index >= 15 is 0 Å². The summed E-state index contributed by atoms with van der Waals surface area (Å²) in [6, 6.07) is 3.87. The van der Waals surface area contributed by atoms with Gasteiger partial charge in [-0.25, -0.2) is 4.98 Å². The van der Waals surface area contributed by atoms with E-state index in [0.29, 0.717) is 5.88 Å². The van der Waals surface area contributed by atoms with Gasteiger partial charge in [0.15, 0.2) is 0 Å². The number of nitrogens with one attached hydrogen (secondary N) is 1. The number of nitrogens with zero attached hydrogens (tertiary/aromatic N) is 1. The van der Waals surface area contributed by atoms with E-state index in [4.69, 9.17) is 4.74 Å². The first-order valence-corrected chi connectivity index (χ1v) is 6.33. The molecule has 1 fully saturated rings. The van der Waals surface area contributed by atoms with Gasteiger partial charge in [-0.1, -0.05) is 0 Å². The average Bonchev–Trinajstić information content (AvgIpc) is 2.35. The fourth-order valence-corrected chi connectivity index (χ4v) is 2.13. The molecule has 17 heavy (non-hydrogen) atoms. The number of aliphatic hydroxyl groups excluding tert-OH is 1. The number of rotatable bonds is 4. The minimum atomic E-state index is -0.146. The highest BCUT2D eigenvalue weighted by atomic mass is 16.5. The van der Waals surface area contributed by atoms with Crippen molar-refractivity contribution in [3.05, 3.63) is 18.3 Å². The smallest absolute Gasteiger partial charge is 0.237 e. The summed E-state index contributed by atoms with van der Waals surface area (Å²) in [6.45, 7) is 2.90. The highest BCUT2D eigenvalue weighted by Gasteiger charge is 2.21. The summed E-state index contributed by atoms with van der Waals surface area (Å²) in [4.78, 5) is 4.26. The second-order valence-corrected chi connectivity index (χ2v) is 4.43. The molecule has 0 atom stereocenters. The maximum atomic E-state index is 9.45. The predicted molar refractivity (Wildman–Crippen MR) is 67.3 cm³/mol. The van der Waals surface area contributed by atoms with Crippen molar-refractivity contribution < 1.29 is 9.84 Å². The Morgan fingerprint density at radius 1 is 1.41 bits per heavy atom. The summed E-state index contributed by atoms with van der Waals surface area (Å²) in [7, 11) is 0.